The Bertz CT molecular complexity index is 613. The molecule has 0 amide bonds. The molecule has 0 saturated carbocycles. The average Bonchev–Trinajstić information content (AvgIpc) is 3.08. The van der Waals surface area contributed by atoms with Gasteiger partial charge in [0, 0.05) is 13.0 Å². The summed E-state index contributed by atoms with van der Waals surface area (Å²) in [6, 6.07) is 6.51. The third-order valence-corrected chi connectivity index (χ3v) is 6.12. The maximum absolute atomic E-state index is 10.6. The number of hydrogen-bond donors (Lipinski definition) is 1. The molecule has 2 rings (SSSR count). The number of carboxylic acid groups (broad SMARTS) is 1. The van der Waals surface area contributed by atoms with Crippen molar-refractivity contribution in [2.45, 2.75) is 103 Å². The molecular formula is C25H40O4. The molecule has 4 heteroatoms. The van der Waals surface area contributed by atoms with E-state index in [1.165, 1.54) is 43.2 Å². The number of carbonyl (C=O) groups is 1. The molecule has 0 fully saturated rings. The van der Waals surface area contributed by atoms with Gasteiger partial charge in [0.25, 0.3) is 0 Å². The second-order valence-corrected chi connectivity index (χ2v) is 8.34. The first-order chi connectivity index (χ1) is 14.1. The van der Waals surface area contributed by atoms with Crippen LogP contribution in [0.25, 0.3) is 0 Å². The second kappa shape index (κ2) is 12.9. The van der Waals surface area contributed by atoms with Gasteiger partial charge in [-0.25, -0.2) is 0 Å². The van der Waals surface area contributed by atoms with E-state index in [1.807, 2.05) is 0 Å². The molecular weight excluding hydrogens is 364 g/mol. The first-order valence-electron chi connectivity index (χ1n) is 11.7. The van der Waals surface area contributed by atoms with E-state index < -0.39 is 5.97 Å². The van der Waals surface area contributed by atoms with Crippen LogP contribution in [0.15, 0.2) is 18.2 Å². The summed E-state index contributed by atoms with van der Waals surface area (Å²) in [5, 5.41) is 8.72. The maximum atomic E-state index is 10.6. The Balaban J connectivity index is 1.77. The van der Waals surface area contributed by atoms with E-state index in [2.05, 4.69) is 32.0 Å². The van der Waals surface area contributed by atoms with Crippen molar-refractivity contribution >= 4 is 5.97 Å². The van der Waals surface area contributed by atoms with E-state index in [0.717, 1.165) is 57.3 Å². The fourth-order valence-corrected chi connectivity index (χ4v) is 4.30. The van der Waals surface area contributed by atoms with Gasteiger partial charge in [0.05, 0.1) is 12.2 Å². The van der Waals surface area contributed by atoms with Gasteiger partial charge in [-0.05, 0) is 61.8 Å². The van der Waals surface area contributed by atoms with Crippen molar-refractivity contribution in [1.82, 2.24) is 0 Å². The molecule has 4 nitrogen and oxygen atoms in total. The van der Waals surface area contributed by atoms with E-state index in [-0.39, 0.29) is 12.0 Å². The Morgan fingerprint density at radius 3 is 2.48 bits per heavy atom. The second-order valence-electron chi connectivity index (χ2n) is 8.34. The molecule has 1 atom stereocenters. The zero-order valence-corrected chi connectivity index (χ0v) is 18.5. The lowest BCUT2D eigenvalue weighted by molar-refractivity contribution is -0.137. The van der Waals surface area contributed by atoms with Crippen LogP contribution < -0.4 is 4.74 Å². The van der Waals surface area contributed by atoms with Crippen LogP contribution in [0.4, 0.5) is 0 Å². The molecule has 1 aliphatic carbocycles. The predicted octanol–water partition coefficient (Wildman–Crippen LogP) is 6.64. The molecule has 0 spiro atoms. The molecule has 0 aliphatic heterocycles. The predicted molar refractivity (Wildman–Crippen MR) is 118 cm³/mol. The lowest BCUT2D eigenvalue weighted by Crippen LogP contribution is -2.26. The van der Waals surface area contributed by atoms with Gasteiger partial charge >= 0.3 is 5.97 Å². The smallest absolute Gasteiger partial charge is 0.303 e. The summed E-state index contributed by atoms with van der Waals surface area (Å²) in [5.41, 5.74) is 2.50. The van der Waals surface area contributed by atoms with Crippen molar-refractivity contribution in [2.75, 3.05) is 13.2 Å². The summed E-state index contributed by atoms with van der Waals surface area (Å²) in [5.74, 6) is 0.271. The van der Waals surface area contributed by atoms with Crippen molar-refractivity contribution in [3.8, 4) is 5.75 Å². The minimum atomic E-state index is -0.713. The fourth-order valence-electron chi connectivity index (χ4n) is 4.30. The molecule has 1 aromatic rings. The zero-order chi connectivity index (χ0) is 21.0. The summed E-state index contributed by atoms with van der Waals surface area (Å²) in [6.45, 7) is 5.94. The molecule has 0 heterocycles. The standard InChI is InChI=1S/C25H40O4/c1-3-5-6-7-8-11-18-28-22-14-15-23-21(20-22)16-17-25(23,4-2)29-19-12-9-10-13-24(26)27/h14-15,20H,3-13,16-19H2,1-2H3,(H,26,27). The van der Waals surface area contributed by atoms with Gasteiger partial charge in [-0.2, -0.15) is 0 Å². The van der Waals surface area contributed by atoms with Crippen molar-refractivity contribution in [2.24, 2.45) is 0 Å². The summed E-state index contributed by atoms with van der Waals surface area (Å²) in [4.78, 5) is 10.6. The van der Waals surface area contributed by atoms with Crippen LogP contribution in [0.2, 0.25) is 0 Å². The minimum absolute atomic E-state index is 0.181. The Hall–Kier alpha value is -1.55. The van der Waals surface area contributed by atoms with E-state index in [4.69, 9.17) is 14.6 Å². The van der Waals surface area contributed by atoms with Gasteiger partial charge < -0.3 is 14.6 Å². The van der Waals surface area contributed by atoms with Crippen LogP contribution in [0.3, 0.4) is 0 Å². The molecule has 0 bridgehead atoms. The normalized spacial score (nSPS) is 18.0. The molecule has 164 valence electrons. The van der Waals surface area contributed by atoms with Gasteiger partial charge in [0.2, 0.25) is 0 Å². The number of unbranched alkanes of at least 4 members (excludes halogenated alkanes) is 7. The Morgan fingerprint density at radius 2 is 1.72 bits per heavy atom. The molecule has 29 heavy (non-hydrogen) atoms. The molecule has 0 radical (unpaired) electrons. The van der Waals surface area contributed by atoms with Crippen molar-refractivity contribution in [1.29, 1.82) is 0 Å². The van der Waals surface area contributed by atoms with Gasteiger partial charge in [-0.1, -0.05) is 58.4 Å². The van der Waals surface area contributed by atoms with E-state index in [9.17, 15) is 4.79 Å². The van der Waals surface area contributed by atoms with Crippen LogP contribution in [-0.2, 0) is 21.6 Å². The molecule has 1 aromatic carbocycles. The number of hydrogen-bond acceptors (Lipinski definition) is 3. The molecule has 1 unspecified atom stereocenters. The quantitative estimate of drug-likeness (QED) is 0.314. The van der Waals surface area contributed by atoms with Gasteiger partial charge in [-0.3, -0.25) is 4.79 Å². The number of benzene rings is 1. The SMILES string of the molecule is CCCCCCCCOc1ccc2c(c1)CCC2(CC)OCCCCCC(=O)O. The molecule has 0 aromatic heterocycles. The maximum Gasteiger partial charge on any atom is 0.303 e. The number of aryl methyl sites for hydroxylation is 1. The number of ether oxygens (including phenoxy) is 2. The van der Waals surface area contributed by atoms with Gasteiger partial charge in [0.1, 0.15) is 5.75 Å². The van der Waals surface area contributed by atoms with Gasteiger partial charge in [-0.15, -0.1) is 0 Å². The fraction of sp³-hybridized carbons (Fsp3) is 0.720. The van der Waals surface area contributed by atoms with E-state index in [0.29, 0.717) is 6.61 Å². The highest BCUT2D eigenvalue weighted by Crippen LogP contribution is 2.43. The largest absolute Gasteiger partial charge is 0.494 e. The Labute approximate surface area is 177 Å². The summed E-state index contributed by atoms with van der Waals surface area (Å²) in [6.07, 6.45) is 13.5. The monoisotopic (exact) mass is 404 g/mol. The highest BCUT2D eigenvalue weighted by molar-refractivity contribution is 5.66. The topological polar surface area (TPSA) is 55.8 Å². The van der Waals surface area contributed by atoms with Crippen LogP contribution in [0.5, 0.6) is 5.75 Å². The third kappa shape index (κ3) is 7.65. The van der Waals surface area contributed by atoms with Crippen molar-refractivity contribution in [3.63, 3.8) is 0 Å². The molecule has 1 N–H and O–H groups in total. The number of fused-ring (bicyclic) bond motifs is 1. The minimum Gasteiger partial charge on any atom is -0.494 e. The first-order valence-corrected chi connectivity index (χ1v) is 11.7. The average molecular weight is 405 g/mol. The number of carboxylic acids is 1. The first kappa shape index (κ1) is 23.7. The van der Waals surface area contributed by atoms with Crippen LogP contribution >= 0.6 is 0 Å². The van der Waals surface area contributed by atoms with E-state index in [1.54, 1.807) is 0 Å². The third-order valence-electron chi connectivity index (χ3n) is 6.12. The zero-order valence-electron chi connectivity index (χ0n) is 18.5. The molecule has 1 aliphatic rings. The van der Waals surface area contributed by atoms with Crippen LogP contribution in [0.1, 0.15) is 102 Å². The number of rotatable bonds is 16. The van der Waals surface area contributed by atoms with Crippen molar-refractivity contribution in [3.05, 3.63) is 29.3 Å². The summed E-state index contributed by atoms with van der Waals surface area (Å²) < 4.78 is 12.4. The Kier molecular flexibility index (Phi) is 10.5. The van der Waals surface area contributed by atoms with Crippen LogP contribution in [-0.4, -0.2) is 24.3 Å². The lowest BCUT2D eigenvalue weighted by atomic mass is 9.92. The highest BCUT2D eigenvalue weighted by Gasteiger charge is 2.38. The van der Waals surface area contributed by atoms with E-state index >= 15 is 0 Å². The summed E-state index contributed by atoms with van der Waals surface area (Å²) >= 11 is 0. The summed E-state index contributed by atoms with van der Waals surface area (Å²) in [7, 11) is 0. The molecule has 0 saturated heterocycles. The van der Waals surface area contributed by atoms with Gasteiger partial charge in [0.15, 0.2) is 0 Å². The lowest BCUT2D eigenvalue weighted by Gasteiger charge is -2.30. The van der Waals surface area contributed by atoms with Crippen molar-refractivity contribution < 1.29 is 19.4 Å². The number of aliphatic carboxylic acids is 1. The Morgan fingerprint density at radius 1 is 1.00 bits per heavy atom. The van der Waals surface area contributed by atoms with Crippen LogP contribution in [0, 0.1) is 0 Å². The highest BCUT2D eigenvalue weighted by atomic mass is 16.5.